The maximum absolute atomic E-state index is 4.48. The standard InChI is InChI=1S/C12H15N3S/c1-4-13-11-7-10(14-9(3)15-11)12-8(2)5-6-16-12/h5-7H,4H2,1-3H3,(H,13,14,15). The van der Waals surface area contributed by atoms with Crippen LogP contribution in [-0.2, 0) is 0 Å². The van der Waals surface area contributed by atoms with Gasteiger partial charge in [-0.05, 0) is 37.8 Å². The Morgan fingerprint density at radius 1 is 1.31 bits per heavy atom. The van der Waals surface area contributed by atoms with Crippen molar-refractivity contribution in [2.75, 3.05) is 11.9 Å². The molecule has 2 aromatic heterocycles. The van der Waals surface area contributed by atoms with Gasteiger partial charge < -0.3 is 5.32 Å². The number of nitrogens with one attached hydrogen (secondary N) is 1. The summed E-state index contributed by atoms with van der Waals surface area (Å²) in [7, 11) is 0. The highest BCUT2D eigenvalue weighted by Gasteiger charge is 2.07. The number of aromatic nitrogens is 2. The molecule has 0 aliphatic rings. The Bertz CT molecular complexity index is 491. The smallest absolute Gasteiger partial charge is 0.130 e. The molecule has 0 radical (unpaired) electrons. The lowest BCUT2D eigenvalue weighted by molar-refractivity contribution is 1.04. The van der Waals surface area contributed by atoms with Crippen molar-refractivity contribution >= 4 is 17.2 Å². The summed E-state index contributed by atoms with van der Waals surface area (Å²) >= 11 is 1.72. The molecule has 0 atom stereocenters. The number of anilines is 1. The van der Waals surface area contributed by atoms with Crippen LogP contribution in [0.4, 0.5) is 5.82 Å². The summed E-state index contributed by atoms with van der Waals surface area (Å²) < 4.78 is 0. The van der Waals surface area contributed by atoms with E-state index in [2.05, 4.69) is 40.6 Å². The highest BCUT2D eigenvalue weighted by atomic mass is 32.1. The van der Waals surface area contributed by atoms with E-state index in [0.717, 1.165) is 23.9 Å². The van der Waals surface area contributed by atoms with E-state index in [9.17, 15) is 0 Å². The van der Waals surface area contributed by atoms with Crippen LogP contribution in [0.3, 0.4) is 0 Å². The van der Waals surface area contributed by atoms with Gasteiger partial charge in [-0.1, -0.05) is 0 Å². The third-order valence-corrected chi connectivity index (χ3v) is 3.33. The quantitative estimate of drug-likeness (QED) is 0.884. The van der Waals surface area contributed by atoms with E-state index in [1.165, 1.54) is 10.4 Å². The molecule has 16 heavy (non-hydrogen) atoms. The second kappa shape index (κ2) is 4.61. The Morgan fingerprint density at radius 2 is 2.12 bits per heavy atom. The number of thiophene rings is 1. The molecule has 0 aromatic carbocycles. The summed E-state index contributed by atoms with van der Waals surface area (Å²) in [6.07, 6.45) is 0. The number of aryl methyl sites for hydroxylation is 2. The maximum Gasteiger partial charge on any atom is 0.130 e. The first-order valence-electron chi connectivity index (χ1n) is 5.34. The van der Waals surface area contributed by atoms with Gasteiger partial charge in [0, 0.05) is 12.6 Å². The molecule has 0 amide bonds. The van der Waals surface area contributed by atoms with Crippen molar-refractivity contribution in [2.24, 2.45) is 0 Å². The zero-order chi connectivity index (χ0) is 11.5. The molecule has 1 N–H and O–H groups in total. The van der Waals surface area contributed by atoms with Gasteiger partial charge in [0.25, 0.3) is 0 Å². The molecular formula is C12H15N3S. The molecule has 2 aromatic rings. The van der Waals surface area contributed by atoms with Gasteiger partial charge in [-0.2, -0.15) is 0 Å². The van der Waals surface area contributed by atoms with Crippen LogP contribution in [0.25, 0.3) is 10.6 Å². The average Bonchev–Trinajstić information content (AvgIpc) is 2.64. The maximum atomic E-state index is 4.48. The molecule has 84 valence electrons. The molecule has 0 bridgehead atoms. The zero-order valence-electron chi connectivity index (χ0n) is 9.74. The molecule has 0 saturated carbocycles. The summed E-state index contributed by atoms with van der Waals surface area (Å²) in [5, 5.41) is 5.32. The minimum Gasteiger partial charge on any atom is -0.370 e. The number of hydrogen-bond acceptors (Lipinski definition) is 4. The van der Waals surface area contributed by atoms with Gasteiger partial charge in [-0.3, -0.25) is 0 Å². The lowest BCUT2D eigenvalue weighted by Gasteiger charge is -2.06. The van der Waals surface area contributed by atoms with Crippen molar-refractivity contribution in [3.8, 4) is 10.6 Å². The van der Waals surface area contributed by atoms with Gasteiger partial charge >= 0.3 is 0 Å². The van der Waals surface area contributed by atoms with Crippen molar-refractivity contribution in [3.63, 3.8) is 0 Å². The SMILES string of the molecule is CCNc1cc(-c2sccc2C)nc(C)n1. The summed E-state index contributed by atoms with van der Waals surface area (Å²) in [4.78, 5) is 10.1. The molecule has 0 unspecified atom stereocenters. The van der Waals surface area contributed by atoms with Crippen LogP contribution in [0.2, 0.25) is 0 Å². The van der Waals surface area contributed by atoms with Gasteiger partial charge in [-0.25, -0.2) is 9.97 Å². The van der Waals surface area contributed by atoms with E-state index >= 15 is 0 Å². The summed E-state index contributed by atoms with van der Waals surface area (Å²) in [5.41, 5.74) is 2.28. The predicted octanol–water partition coefficient (Wildman–Crippen LogP) is 3.25. The van der Waals surface area contributed by atoms with E-state index in [0.29, 0.717) is 0 Å². The molecule has 0 saturated heterocycles. The van der Waals surface area contributed by atoms with Crippen LogP contribution in [0.15, 0.2) is 17.5 Å². The summed E-state index contributed by atoms with van der Waals surface area (Å²) in [6, 6.07) is 4.12. The summed E-state index contributed by atoms with van der Waals surface area (Å²) in [5.74, 6) is 1.71. The third-order valence-electron chi connectivity index (χ3n) is 2.29. The van der Waals surface area contributed by atoms with Crippen molar-refractivity contribution < 1.29 is 0 Å². The lowest BCUT2D eigenvalue weighted by Crippen LogP contribution is -2.02. The van der Waals surface area contributed by atoms with Crippen LogP contribution in [-0.4, -0.2) is 16.5 Å². The normalized spacial score (nSPS) is 10.4. The predicted molar refractivity (Wildman–Crippen MR) is 69.0 cm³/mol. The first-order valence-corrected chi connectivity index (χ1v) is 6.22. The van der Waals surface area contributed by atoms with E-state index in [-0.39, 0.29) is 0 Å². The number of hydrogen-bond donors (Lipinski definition) is 1. The van der Waals surface area contributed by atoms with Gasteiger partial charge in [0.05, 0.1) is 10.6 Å². The minimum absolute atomic E-state index is 0.807. The fourth-order valence-corrected chi connectivity index (χ4v) is 2.48. The van der Waals surface area contributed by atoms with Crippen molar-refractivity contribution in [2.45, 2.75) is 20.8 Å². The largest absolute Gasteiger partial charge is 0.370 e. The summed E-state index contributed by atoms with van der Waals surface area (Å²) in [6.45, 7) is 6.97. The van der Waals surface area contributed by atoms with Gasteiger partial charge in [0.1, 0.15) is 11.6 Å². The molecule has 2 heterocycles. The van der Waals surface area contributed by atoms with Gasteiger partial charge in [0.15, 0.2) is 0 Å². The van der Waals surface area contributed by atoms with Crippen LogP contribution in [0.1, 0.15) is 18.3 Å². The highest BCUT2D eigenvalue weighted by molar-refractivity contribution is 7.13. The van der Waals surface area contributed by atoms with Crippen molar-refractivity contribution in [3.05, 3.63) is 28.9 Å². The number of nitrogens with zero attached hydrogens (tertiary/aromatic N) is 2. The van der Waals surface area contributed by atoms with Crippen molar-refractivity contribution in [1.82, 2.24) is 9.97 Å². The topological polar surface area (TPSA) is 37.8 Å². The molecule has 0 spiro atoms. The Hall–Kier alpha value is -1.42. The Labute approximate surface area is 99.6 Å². The fraction of sp³-hybridized carbons (Fsp3) is 0.333. The molecule has 0 fully saturated rings. The average molecular weight is 233 g/mol. The van der Waals surface area contributed by atoms with E-state index in [1.807, 2.05) is 13.0 Å². The first kappa shape index (κ1) is 11.1. The second-order valence-electron chi connectivity index (χ2n) is 3.65. The van der Waals surface area contributed by atoms with E-state index in [4.69, 9.17) is 0 Å². The monoisotopic (exact) mass is 233 g/mol. The first-order chi connectivity index (χ1) is 7.70. The number of rotatable bonds is 3. The lowest BCUT2D eigenvalue weighted by atomic mass is 10.2. The molecule has 0 aliphatic carbocycles. The Kier molecular flexibility index (Phi) is 3.19. The van der Waals surface area contributed by atoms with E-state index in [1.54, 1.807) is 11.3 Å². The zero-order valence-corrected chi connectivity index (χ0v) is 10.6. The molecular weight excluding hydrogens is 218 g/mol. The van der Waals surface area contributed by atoms with Gasteiger partial charge in [0.2, 0.25) is 0 Å². The van der Waals surface area contributed by atoms with Crippen LogP contribution in [0.5, 0.6) is 0 Å². The Morgan fingerprint density at radius 3 is 2.75 bits per heavy atom. The minimum atomic E-state index is 0.807. The van der Waals surface area contributed by atoms with Crippen LogP contribution < -0.4 is 5.32 Å². The van der Waals surface area contributed by atoms with Crippen molar-refractivity contribution in [1.29, 1.82) is 0 Å². The highest BCUT2D eigenvalue weighted by Crippen LogP contribution is 2.28. The third kappa shape index (κ3) is 2.22. The second-order valence-corrected chi connectivity index (χ2v) is 4.56. The molecule has 3 nitrogen and oxygen atoms in total. The fourth-order valence-electron chi connectivity index (χ4n) is 1.59. The van der Waals surface area contributed by atoms with Crippen LogP contribution in [0, 0.1) is 13.8 Å². The van der Waals surface area contributed by atoms with E-state index < -0.39 is 0 Å². The molecule has 4 heteroatoms. The Balaban J connectivity index is 2.45. The molecule has 2 rings (SSSR count). The van der Waals surface area contributed by atoms with Crippen LogP contribution >= 0.6 is 11.3 Å². The van der Waals surface area contributed by atoms with Gasteiger partial charge in [-0.15, -0.1) is 11.3 Å². The molecule has 0 aliphatic heterocycles.